The first kappa shape index (κ1) is 18.5. The molecule has 136 valence electrons. The lowest BCUT2D eigenvalue weighted by atomic mass is 9.96. The molecule has 1 fully saturated rings. The Kier molecular flexibility index (Phi) is 6.28. The van der Waals surface area contributed by atoms with Crippen LogP contribution in [0.1, 0.15) is 24.1 Å². The van der Waals surface area contributed by atoms with E-state index in [9.17, 15) is 9.59 Å². The largest absolute Gasteiger partial charge is 0.352 e. The second kappa shape index (κ2) is 8.85. The van der Waals surface area contributed by atoms with Gasteiger partial charge in [-0.2, -0.15) is 0 Å². The summed E-state index contributed by atoms with van der Waals surface area (Å²) in [5.74, 6) is -0.0632. The summed E-state index contributed by atoms with van der Waals surface area (Å²) >= 11 is 1.70. The molecule has 1 aliphatic rings. The smallest absolute Gasteiger partial charge is 0.225 e. The molecule has 1 aromatic carbocycles. The topological polar surface area (TPSA) is 62.3 Å². The molecule has 5 nitrogen and oxygen atoms in total. The van der Waals surface area contributed by atoms with Crippen LogP contribution in [0, 0.1) is 5.92 Å². The van der Waals surface area contributed by atoms with Crippen molar-refractivity contribution in [1.29, 1.82) is 0 Å². The van der Waals surface area contributed by atoms with Crippen molar-refractivity contribution in [2.24, 2.45) is 5.92 Å². The van der Waals surface area contributed by atoms with Crippen molar-refractivity contribution in [2.75, 3.05) is 12.8 Å². The fourth-order valence-electron chi connectivity index (χ4n) is 3.05. The number of aromatic nitrogens is 1. The van der Waals surface area contributed by atoms with Gasteiger partial charge in [0.15, 0.2) is 0 Å². The fraction of sp³-hybridized carbons (Fsp3) is 0.350. The quantitative estimate of drug-likeness (QED) is 0.796. The summed E-state index contributed by atoms with van der Waals surface area (Å²) in [6.07, 6.45) is 4.77. The molecule has 1 aromatic heterocycles. The summed E-state index contributed by atoms with van der Waals surface area (Å²) in [7, 11) is 0. The van der Waals surface area contributed by atoms with Crippen molar-refractivity contribution < 1.29 is 9.59 Å². The Morgan fingerprint density at radius 1 is 1.27 bits per heavy atom. The molecule has 0 spiro atoms. The summed E-state index contributed by atoms with van der Waals surface area (Å²) in [6.45, 7) is 1.42. The van der Waals surface area contributed by atoms with Crippen LogP contribution in [0.4, 0.5) is 0 Å². The average molecular weight is 369 g/mol. The Bertz CT molecular complexity index is 749. The van der Waals surface area contributed by atoms with Gasteiger partial charge in [-0.15, -0.1) is 11.8 Å². The van der Waals surface area contributed by atoms with Gasteiger partial charge in [-0.05, 0) is 42.5 Å². The van der Waals surface area contributed by atoms with Crippen molar-refractivity contribution in [3.63, 3.8) is 0 Å². The number of rotatable bonds is 6. The normalized spacial score (nSPS) is 17.2. The van der Waals surface area contributed by atoms with Crippen LogP contribution < -0.4 is 5.32 Å². The molecule has 0 unspecified atom stereocenters. The third-order valence-electron chi connectivity index (χ3n) is 4.58. The van der Waals surface area contributed by atoms with Gasteiger partial charge in [-0.1, -0.05) is 18.2 Å². The van der Waals surface area contributed by atoms with Crippen LogP contribution in [-0.2, 0) is 22.7 Å². The number of amides is 2. The molecular formula is C20H23N3O2S. The number of hydrogen-bond acceptors (Lipinski definition) is 4. The number of hydrogen-bond donors (Lipinski definition) is 1. The van der Waals surface area contributed by atoms with Gasteiger partial charge in [0.1, 0.15) is 0 Å². The summed E-state index contributed by atoms with van der Waals surface area (Å²) in [5, 5.41) is 3.01. The number of piperidine rings is 1. The Balaban J connectivity index is 1.54. The van der Waals surface area contributed by atoms with E-state index in [0.717, 1.165) is 11.3 Å². The van der Waals surface area contributed by atoms with E-state index in [2.05, 4.69) is 22.4 Å². The zero-order valence-electron chi connectivity index (χ0n) is 14.9. The van der Waals surface area contributed by atoms with E-state index in [-0.39, 0.29) is 17.7 Å². The zero-order chi connectivity index (χ0) is 18.4. The van der Waals surface area contributed by atoms with E-state index < -0.39 is 0 Å². The van der Waals surface area contributed by atoms with Crippen molar-refractivity contribution in [3.8, 4) is 0 Å². The summed E-state index contributed by atoms with van der Waals surface area (Å²) in [5.41, 5.74) is 1.92. The number of carbonyl (C=O) groups is 2. The zero-order valence-corrected chi connectivity index (χ0v) is 15.7. The number of thioether (sulfide) groups is 1. The maximum Gasteiger partial charge on any atom is 0.225 e. The number of carbonyl (C=O) groups excluding carboxylic acids is 2. The summed E-state index contributed by atoms with van der Waals surface area (Å²) in [4.78, 5) is 31.9. The molecule has 6 heteroatoms. The van der Waals surface area contributed by atoms with Gasteiger partial charge in [-0.25, -0.2) is 0 Å². The summed E-state index contributed by atoms with van der Waals surface area (Å²) < 4.78 is 0. The standard InChI is InChI=1S/C20H23N3O2S/c1-26-18-8-5-15(6-9-18)12-22-20(25)16-7-10-19(24)23(13-16)14-17-4-2-3-11-21-17/h2-6,8-9,11,16H,7,10,12-14H2,1H3,(H,22,25)/t16-/m1/s1. The average Bonchev–Trinajstić information content (AvgIpc) is 2.69. The Morgan fingerprint density at radius 2 is 2.08 bits per heavy atom. The van der Waals surface area contributed by atoms with Gasteiger partial charge in [0, 0.05) is 30.6 Å². The molecule has 0 aliphatic carbocycles. The van der Waals surface area contributed by atoms with Gasteiger partial charge >= 0.3 is 0 Å². The minimum absolute atomic E-state index is 0.0115. The van der Waals surface area contributed by atoms with Crippen LogP contribution in [0.25, 0.3) is 0 Å². The Labute approximate surface area is 158 Å². The summed E-state index contributed by atoms with van der Waals surface area (Å²) in [6, 6.07) is 13.8. The van der Waals surface area contributed by atoms with Crippen molar-refractivity contribution in [3.05, 3.63) is 59.9 Å². The Morgan fingerprint density at radius 3 is 2.77 bits per heavy atom. The van der Waals surface area contributed by atoms with E-state index in [1.807, 2.05) is 36.6 Å². The van der Waals surface area contributed by atoms with Gasteiger partial charge in [-0.3, -0.25) is 14.6 Å². The third kappa shape index (κ3) is 4.85. The molecule has 0 radical (unpaired) electrons. The maximum absolute atomic E-state index is 12.5. The molecule has 0 bridgehead atoms. The number of pyridine rings is 1. The first-order valence-corrected chi connectivity index (χ1v) is 9.96. The molecule has 1 saturated heterocycles. The Hall–Kier alpha value is -2.34. The van der Waals surface area contributed by atoms with Crippen LogP contribution in [0.5, 0.6) is 0 Å². The van der Waals surface area contributed by atoms with E-state index >= 15 is 0 Å². The lowest BCUT2D eigenvalue weighted by Gasteiger charge is -2.31. The van der Waals surface area contributed by atoms with Crippen molar-refractivity contribution in [1.82, 2.24) is 15.2 Å². The second-order valence-electron chi connectivity index (χ2n) is 6.40. The van der Waals surface area contributed by atoms with Crippen molar-refractivity contribution in [2.45, 2.75) is 30.8 Å². The highest BCUT2D eigenvalue weighted by atomic mass is 32.2. The molecule has 3 rings (SSSR count). The number of benzene rings is 1. The van der Waals surface area contributed by atoms with Crippen LogP contribution in [0.15, 0.2) is 53.6 Å². The SMILES string of the molecule is CSc1ccc(CNC(=O)[C@@H]2CCC(=O)N(Cc3ccccn3)C2)cc1. The minimum atomic E-state index is -0.165. The second-order valence-corrected chi connectivity index (χ2v) is 7.28. The lowest BCUT2D eigenvalue weighted by Crippen LogP contribution is -2.45. The fourth-order valence-corrected chi connectivity index (χ4v) is 3.45. The van der Waals surface area contributed by atoms with Crippen molar-refractivity contribution >= 4 is 23.6 Å². The van der Waals surface area contributed by atoms with Gasteiger partial charge in [0.25, 0.3) is 0 Å². The van der Waals surface area contributed by atoms with E-state index in [1.165, 1.54) is 4.90 Å². The third-order valence-corrected chi connectivity index (χ3v) is 5.32. The molecule has 1 N–H and O–H groups in total. The molecule has 1 atom stereocenters. The van der Waals surface area contributed by atoms with E-state index in [1.54, 1.807) is 22.9 Å². The number of likely N-dealkylation sites (tertiary alicyclic amines) is 1. The van der Waals surface area contributed by atoms with Crippen LogP contribution >= 0.6 is 11.8 Å². The predicted molar refractivity (Wildman–Crippen MR) is 102 cm³/mol. The molecule has 1 aliphatic heterocycles. The highest BCUT2D eigenvalue weighted by Crippen LogP contribution is 2.20. The van der Waals surface area contributed by atoms with E-state index in [4.69, 9.17) is 0 Å². The highest BCUT2D eigenvalue weighted by Gasteiger charge is 2.30. The van der Waals surface area contributed by atoms with Gasteiger partial charge in [0.05, 0.1) is 18.2 Å². The molecule has 2 heterocycles. The lowest BCUT2D eigenvalue weighted by molar-refractivity contribution is -0.139. The first-order chi connectivity index (χ1) is 12.7. The first-order valence-electron chi connectivity index (χ1n) is 8.74. The molecular weight excluding hydrogens is 346 g/mol. The van der Waals surface area contributed by atoms with Crippen LogP contribution in [0.2, 0.25) is 0 Å². The van der Waals surface area contributed by atoms with Crippen LogP contribution in [-0.4, -0.2) is 34.5 Å². The molecule has 26 heavy (non-hydrogen) atoms. The van der Waals surface area contributed by atoms with E-state index in [0.29, 0.717) is 32.5 Å². The number of nitrogens with zero attached hydrogens (tertiary/aromatic N) is 2. The number of nitrogens with one attached hydrogen (secondary N) is 1. The predicted octanol–water partition coefficient (Wildman–Crippen LogP) is 2.86. The van der Waals surface area contributed by atoms with Gasteiger partial charge in [0.2, 0.25) is 11.8 Å². The molecule has 2 aromatic rings. The highest BCUT2D eigenvalue weighted by molar-refractivity contribution is 7.98. The molecule has 0 saturated carbocycles. The maximum atomic E-state index is 12.5. The monoisotopic (exact) mass is 369 g/mol. The minimum Gasteiger partial charge on any atom is -0.352 e. The molecule has 2 amide bonds. The van der Waals surface area contributed by atoms with Gasteiger partial charge < -0.3 is 10.2 Å². The van der Waals surface area contributed by atoms with Crippen LogP contribution in [0.3, 0.4) is 0 Å².